The van der Waals surface area contributed by atoms with Gasteiger partial charge in [0.05, 0.1) is 23.7 Å². The van der Waals surface area contributed by atoms with Crippen molar-refractivity contribution in [3.8, 4) is 11.6 Å². The van der Waals surface area contributed by atoms with Crippen molar-refractivity contribution in [3.63, 3.8) is 0 Å². The average Bonchev–Trinajstić information content (AvgIpc) is 3.48. The number of carboxylic acids is 1. The maximum Gasteiger partial charge on any atom is 0.330 e. The zero-order valence-corrected chi connectivity index (χ0v) is 24.2. The lowest BCUT2D eigenvalue weighted by atomic mass is 9.81. The number of fused-ring (bicyclic) bond motifs is 1. The third kappa shape index (κ3) is 6.31. The molecule has 2 aliphatic carbocycles. The van der Waals surface area contributed by atoms with Crippen LogP contribution in [0, 0.1) is 24.6 Å². The van der Waals surface area contributed by atoms with Gasteiger partial charge >= 0.3 is 11.7 Å². The molecule has 1 aromatic heterocycles. The fourth-order valence-electron chi connectivity index (χ4n) is 6.47. The lowest BCUT2D eigenvalue weighted by molar-refractivity contribution is -0.143. The third-order valence-electron chi connectivity index (χ3n) is 8.70. The molecule has 2 aromatic carbocycles. The molecule has 8 nitrogen and oxygen atoms in total. The number of nitrogens with zero attached hydrogens (tertiary/aromatic N) is 3. The maximum absolute atomic E-state index is 14.8. The summed E-state index contributed by atoms with van der Waals surface area (Å²) in [5.41, 5.74) is 3.45. The molecule has 1 heterocycles. The Morgan fingerprint density at radius 3 is 2.59 bits per heavy atom. The molecule has 5 rings (SSSR count). The quantitative estimate of drug-likeness (QED) is 0.328. The van der Waals surface area contributed by atoms with Crippen LogP contribution in [0.2, 0.25) is 5.02 Å². The topological polar surface area (TPSA) is 96.9 Å². The highest BCUT2D eigenvalue weighted by Crippen LogP contribution is 2.41. The Morgan fingerprint density at radius 1 is 1.17 bits per heavy atom. The van der Waals surface area contributed by atoms with Gasteiger partial charge in [0.1, 0.15) is 18.2 Å². The van der Waals surface area contributed by atoms with Gasteiger partial charge in [0.25, 0.3) is 0 Å². The monoisotopic (exact) mass is 585 g/mol. The SMILES string of the molecule is Cc1cc(CN(CC2CCC(C(=O)O)CC2)[C@H]2CCc3c2ccc(Cl)c3F)ccc1OCCn1c(O)cn(C)c1=O. The highest BCUT2D eigenvalue weighted by atomic mass is 35.5. The van der Waals surface area contributed by atoms with Crippen molar-refractivity contribution in [2.75, 3.05) is 13.2 Å². The third-order valence-corrected chi connectivity index (χ3v) is 9.00. The number of benzene rings is 2. The second kappa shape index (κ2) is 12.3. The lowest BCUT2D eigenvalue weighted by Crippen LogP contribution is -2.34. The minimum atomic E-state index is -0.706. The highest BCUT2D eigenvalue weighted by molar-refractivity contribution is 6.30. The van der Waals surface area contributed by atoms with Gasteiger partial charge in [-0.2, -0.15) is 0 Å². The van der Waals surface area contributed by atoms with Crippen LogP contribution in [0.25, 0.3) is 0 Å². The van der Waals surface area contributed by atoms with E-state index in [-0.39, 0.29) is 47.5 Å². The van der Waals surface area contributed by atoms with Gasteiger partial charge in [-0.25, -0.2) is 9.18 Å². The van der Waals surface area contributed by atoms with E-state index in [4.69, 9.17) is 16.3 Å². The summed E-state index contributed by atoms with van der Waals surface area (Å²) in [5, 5.41) is 19.5. The average molecular weight is 586 g/mol. The first-order valence-corrected chi connectivity index (χ1v) is 14.6. The molecule has 41 heavy (non-hydrogen) atoms. The van der Waals surface area contributed by atoms with Crippen LogP contribution in [0.1, 0.15) is 60.4 Å². The van der Waals surface area contributed by atoms with Gasteiger partial charge in [0, 0.05) is 26.2 Å². The summed E-state index contributed by atoms with van der Waals surface area (Å²) in [6.45, 7) is 3.92. The molecule has 0 unspecified atom stereocenters. The molecule has 0 saturated heterocycles. The fraction of sp³-hybridized carbons (Fsp3) is 0.484. The van der Waals surface area contributed by atoms with Crippen LogP contribution in [0.5, 0.6) is 11.6 Å². The summed E-state index contributed by atoms with van der Waals surface area (Å²) in [4.78, 5) is 26.0. The molecular formula is C31H37ClFN3O5. The van der Waals surface area contributed by atoms with E-state index in [9.17, 15) is 24.2 Å². The summed E-state index contributed by atoms with van der Waals surface area (Å²) in [7, 11) is 1.59. The van der Waals surface area contributed by atoms with E-state index in [1.807, 2.05) is 25.1 Å². The van der Waals surface area contributed by atoms with Gasteiger partial charge in [-0.05, 0) is 85.8 Å². The number of hydrogen-bond donors (Lipinski definition) is 2. The number of halogens is 2. The van der Waals surface area contributed by atoms with Crippen LogP contribution >= 0.6 is 11.6 Å². The van der Waals surface area contributed by atoms with E-state index < -0.39 is 5.97 Å². The zero-order chi connectivity index (χ0) is 29.3. The molecule has 2 aliphatic rings. The minimum absolute atomic E-state index is 0.0575. The largest absolute Gasteiger partial charge is 0.493 e. The summed E-state index contributed by atoms with van der Waals surface area (Å²) >= 11 is 6.09. The number of hydrogen-bond acceptors (Lipinski definition) is 5. The molecule has 10 heteroatoms. The van der Waals surface area contributed by atoms with Crippen molar-refractivity contribution >= 4 is 17.6 Å². The number of rotatable bonds is 10. The Bertz CT molecular complexity index is 1480. The highest BCUT2D eigenvalue weighted by Gasteiger charge is 2.34. The number of imidazole rings is 1. The number of carbonyl (C=O) groups is 1. The number of carboxylic acid groups (broad SMARTS) is 1. The number of aromatic nitrogens is 2. The molecule has 0 radical (unpaired) electrons. The Kier molecular flexibility index (Phi) is 8.75. The Hall–Kier alpha value is -3.30. The van der Waals surface area contributed by atoms with Gasteiger partial charge in [-0.3, -0.25) is 18.8 Å². The van der Waals surface area contributed by atoms with Gasteiger partial charge in [0.15, 0.2) is 0 Å². The zero-order valence-electron chi connectivity index (χ0n) is 23.5. The molecule has 220 valence electrons. The minimum Gasteiger partial charge on any atom is -0.493 e. The standard InChI is InChI=1S/C31H37ClFN3O5/c1-19-15-21(5-12-27(19)41-14-13-36-28(37)18-34(2)31(36)40)17-35(16-20-3-6-22(7-4-20)30(38)39)26-11-9-24-23(26)8-10-25(32)29(24)33/h5,8,10,12,15,18,20,22,26,37H,3-4,6-7,9,11,13-14,16-17H2,1-2H3,(H,38,39)/t20?,22?,26-/m0/s1. The normalized spacial score (nSPS) is 20.4. The van der Waals surface area contributed by atoms with E-state index in [2.05, 4.69) is 11.0 Å². The van der Waals surface area contributed by atoms with Crippen LogP contribution in [0.3, 0.4) is 0 Å². The molecule has 1 fully saturated rings. The first kappa shape index (κ1) is 29.2. The molecular weight excluding hydrogens is 549 g/mol. The molecule has 0 amide bonds. The van der Waals surface area contributed by atoms with Crippen LogP contribution in [-0.2, 0) is 31.4 Å². The number of aryl methyl sites for hydroxylation is 2. The lowest BCUT2D eigenvalue weighted by Gasteiger charge is -2.35. The van der Waals surface area contributed by atoms with Crippen molar-refractivity contribution in [2.45, 2.75) is 64.6 Å². The van der Waals surface area contributed by atoms with E-state index in [1.54, 1.807) is 13.1 Å². The number of ether oxygens (including phenoxy) is 1. The molecule has 0 spiro atoms. The summed E-state index contributed by atoms with van der Waals surface area (Å²) in [6.07, 6.45) is 5.94. The fourth-order valence-corrected chi connectivity index (χ4v) is 6.64. The summed E-state index contributed by atoms with van der Waals surface area (Å²) in [6, 6.07) is 9.70. The predicted octanol–water partition coefficient (Wildman–Crippen LogP) is 5.45. The van der Waals surface area contributed by atoms with Crippen molar-refractivity contribution in [1.29, 1.82) is 0 Å². The van der Waals surface area contributed by atoms with E-state index in [0.717, 1.165) is 42.5 Å². The summed E-state index contributed by atoms with van der Waals surface area (Å²) < 4.78 is 23.4. The van der Waals surface area contributed by atoms with E-state index in [0.29, 0.717) is 43.0 Å². The molecule has 2 N–H and O–H groups in total. The number of aromatic hydroxyl groups is 1. The molecule has 1 atom stereocenters. The van der Waals surface area contributed by atoms with Gasteiger partial charge in [-0.15, -0.1) is 0 Å². The smallest absolute Gasteiger partial charge is 0.330 e. The van der Waals surface area contributed by atoms with Crippen LogP contribution in [0.15, 0.2) is 41.3 Å². The Morgan fingerprint density at radius 2 is 1.93 bits per heavy atom. The second-order valence-corrected chi connectivity index (χ2v) is 11.9. The first-order chi connectivity index (χ1) is 19.6. The molecule has 3 aromatic rings. The van der Waals surface area contributed by atoms with Crippen LogP contribution in [0.4, 0.5) is 4.39 Å². The Balaban J connectivity index is 1.30. The van der Waals surface area contributed by atoms with Crippen molar-refractivity contribution in [1.82, 2.24) is 14.0 Å². The second-order valence-electron chi connectivity index (χ2n) is 11.4. The van der Waals surface area contributed by atoms with Crippen LogP contribution in [-0.4, -0.2) is 43.4 Å². The van der Waals surface area contributed by atoms with E-state index in [1.165, 1.54) is 15.3 Å². The maximum atomic E-state index is 14.8. The van der Waals surface area contributed by atoms with Gasteiger partial charge in [-0.1, -0.05) is 29.8 Å². The summed E-state index contributed by atoms with van der Waals surface area (Å²) in [5.74, 6) is -0.296. The predicted molar refractivity (Wildman–Crippen MR) is 154 cm³/mol. The van der Waals surface area contributed by atoms with Crippen molar-refractivity contribution in [2.24, 2.45) is 18.9 Å². The van der Waals surface area contributed by atoms with Crippen molar-refractivity contribution in [3.05, 3.63) is 80.1 Å². The number of aliphatic carboxylic acids is 1. The van der Waals surface area contributed by atoms with Crippen LogP contribution < -0.4 is 10.4 Å². The molecule has 0 bridgehead atoms. The van der Waals surface area contributed by atoms with Crippen molar-refractivity contribution < 1.29 is 24.1 Å². The van der Waals surface area contributed by atoms with Gasteiger partial charge in [0.2, 0.25) is 5.88 Å². The van der Waals surface area contributed by atoms with E-state index >= 15 is 0 Å². The Labute approximate surface area is 243 Å². The van der Waals surface area contributed by atoms with Gasteiger partial charge < -0.3 is 14.9 Å². The molecule has 1 saturated carbocycles. The molecule has 0 aliphatic heterocycles. The first-order valence-electron chi connectivity index (χ1n) is 14.2.